The molecule has 0 radical (unpaired) electrons. The lowest BCUT2D eigenvalue weighted by Gasteiger charge is -2.38. The Kier molecular flexibility index (Phi) is 4.69. The Labute approximate surface area is 116 Å². The summed E-state index contributed by atoms with van der Waals surface area (Å²) in [6, 6.07) is 4.86. The van der Waals surface area contributed by atoms with Crippen molar-refractivity contribution in [2.24, 2.45) is 0 Å². The lowest BCUT2D eigenvalue weighted by Crippen LogP contribution is -2.41. The van der Waals surface area contributed by atoms with Crippen LogP contribution in [0.1, 0.15) is 31.4 Å². The molecule has 1 aromatic heterocycles. The molecule has 1 saturated carbocycles. The number of rotatable bonds is 5. The van der Waals surface area contributed by atoms with Crippen molar-refractivity contribution in [1.82, 2.24) is 4.98 Å². The molecule has 0 unspecified atom stereocenters. The molecule has 94 valence electrons. The van der Waals surface area contributed by atoms with Gasteiger partial charge in [0.15, 0.2) is 0 Å². The SMILES string of the molecule is Cc1nc(N(CCCCl)C2CCC2)ccc1Br. The predicted octanol–water partition coefficient (Wildman–Crippen LogP) is 4.14. The first-order valence-corrected chi connectivity index (χ1v) is 7.51. The summed E-state index contributed by atoms with van der Waals surface area (Å²) in [5.74, 6) is 1.82. The molecule has 1 aliphatic carbocycles. The summed E-state index contributed by atoms with van der Waals surface area (Å²) in [6.07, 6.45) is 4.95. The maximum absolute atomic E-state index is 5.80. The monoisotopic (exact) mass is 316 g/mol. The second-order valence-corrected chi connectivity index (χ2v) is 5.79. The van der Waals surface area contributed by atoms with Gasteiger partial charge in [0.1, 0.15) is 5.82 Å². The van der Waals surface area contributed by atoms with Gasteiger partial charge in [-0.15, -0.1) is 11.6 Å². The van der Waals surface area contributed by atoms with Crippen LogP contribution < -0.4 is 4.90 Å². The fourth-order valence-electron chi connectivity index (χ4n) is 2.10. The van der Waals surface area contributed by atoms with E-state index in [1.165, 1.54) is 19.3 Å². The largest absolute Gasteiger partial charge is 0.354 e. The highest BCUT2D eigenvalue weighted by Crippen LogP contribution is 2.29. The quantitative estimate of drug-likeness (QED) is 0.759. The zero-order valence-corrected chi connectivity index (χ0v) is 12.5. The van der Waals surface area contributed by atoms with Crippen molar-refractivity contribution in [3.63, 3.8) is 0 Å². The summed E-state index contributed by atoms with van der Waals surface area (Å²) in [5, 5.41) is 0. The molecule has 1 heterocycles. The van der Waals surface area contributed by atoms with Gasteiger partial charge >= 0.3 is 0 Å². The fraction of sp³-hybridized carbons (Fsp3) is 0.615. The van der Waals surface area contributed by atoms with Crippen LogP contribution in [-0.4, -0.2) is 23.5 Å². The molecule has 1 fully saturated rings. The second kappa shape index (κ2) is 6.05. The second-order valence-electron chi connectivity index (χ2n) is 4.56. The number of aromatic nitrogens is 1. The summed E-state index contributed by atoms with van der Waals surface area (Å²) in [4.78, 5) is 7.09. The van der Waals surface area contributed by atoms with E-state index in [9.17, 15) is 0 Å². The van der Waals surface area contributed by atoms with Gasteiger partial charge < -0.3 is 4.90 Å². The molecule has 0 bridgehead atoms. The normalized spacial score (nSPS) is 15.7. The molecular weight excluding hydrogens is 300 g/mol. The van der Waals surface area contributed by atoms with Gasteiger partial charge in [-0.3, -0.25) is 0 Å². The Morgan fingerprint density at radius 1 is 1.47 bits per heavy atom. The van der Waals surface area contributed by atoms with E-state index >= 15 is 0 Å². The topological polar surface area (TPSA) is 16.1 Å². The number of aryl methyl sites for hydroxylation is 1. The average Bonchev–Trinajstić information content (AvgIpc) is 2.25. The van der Waals surface area contributed by atoms with Gasteiger partial charge in [-0.2, -0.15) is 0 Å². The first kappa shape index (κ1) is 13.2. The Morgan fingerprint density at radius 3 is 2.76 bits per heavy atom. The molecule has 2 rings (SSSR count). The average molecular weight is 318 g/mol. The van der Waals surface area contributed by atoms with E-state index in [0.29, 0.717) is 6.04 Å². The smallest absolute Gasteiger partial charge is 0.129 e. The molecule has 0 spiro atoms. The molecule has 0 amide bonds. The standard InChI is InChI=1S/C13H18BrClN2/c1-10-12(14)6-7-13(16-10)17(9-3-8-15)11-4-2-5-11/h6-7,11H,2-5,8-9H2,1H3. The number of halogens is 2. The van der Waals surface area contributed by atoms with Gasteiger partial charge in [0.2, 0.25) is 0 Å². The van der Waals surface area contributed by atoms with Crippen LogP contribution in [0.15, 0.2) is 16.6 Å². The molecule has 0 N–H and O–H groups in total. The zero-order valence-electron chi connectivity index (χ0n) is 10.1. The van der Waals surface area contributed by atoms with Crippen molar-refractivity contribution in [1.29, 1.82) is 0 Å². The van der Waals surface area contributed by atoms with Crippen molar-refractivity contribution in [3.8, 4) is 0 Å². The molecule has 0 saturated heterocycles. The van der Waals surface area contributed by atoms with E-state index in [0.717, 1.165) is 34.8 Å². The zero-order chi connectivity index (χ0) is 12.3. The molecular formula is C13H18BrClN2. The van der Waals surface area contributed by atoms with Crippen LogP contribution in [0.4, 0.5) is 5.82 Å². The summed E-state index contributed by atoms with van der Waals surface area (Å²) < 4.78 is 1.08. The van der Waals surface area contributed by atoms with E-state index in [-0.39, 0.29) is 0 Å². The molecule has 0 aliphatic heterocycles. The van der Waals surface area contributed by atoms with Crippen LogP contribution in [0.5, 0.6) is 0 Å². The Hall–Kier alpha value is -0.280. The number of anilines is 1. The van der Waals surface area contributed by atoms with E-state index in [1.807, 2.05) is 6.92 Å². The molecule has 1 aliphatic rings. The van der Waals surface area contributed by atoms with Crippen LogP contribution in [0.25, 0.3) is 0 Å². The number of pyridine rings is 1. The predicted molar refractivity (Wildman–Crippen MR) is 77.0 cm³/mol. The van der Waals surface area contributed by atoms with Gasteiger partial charge in [-0.25, -0.2) is 4.98 Å². The van der Waals surface area contributed by atoms with Crippen LogP contribution >= 0.6 is 27.5 Å². The van der Waals surface area contributed by atoms with Crippen molar-refractivity contribution in [2.45, 2.75) is 38.6 Å². The van der Waals surface area contributed by atoms with Gasteiger partial charge in [0, 0.05) is 22.9 Å². The lowest BCUT2D eigenvalue weighted by atomic mass is 9.91. The van der Waals surface area contributed by atoms with E-state index in [2.05, 4.69) is 37.9 Å². The molecule has 0 atom stereocenters. The minimum Gasteiger partial charge on any atom is -0.354 e. The maximum Gasteiger partial charge on any atom is 0.129 e. The van der Waals surface area contributed by atoms with Crippen LogP contribution in [-0.2, 0) is 0 Å². The van der Waals surface area contributed by atoms with Crippen LogP contribution in [0, 0.1) is 6.92 Å². The highest BCUT2D eigenvalue weighted by Gasteiger charge is 2.25. The summed E-state index contributed by atoms with van der Waals surface area (Å²) in [6.45, 7) is 3.05. The minimum atomic E-state index is 0.672. The van der Waals surface area contributed by atoms with Gasteiger partial charge in [0.05, 0.1) is 5.69 Å². The van der Waals surface area contributed by atoms with E-state index in [4.69, 9.17) is 11.6 Å². The summed E-state index contributed by atoms with van der Waals surface area (Å²) >= 11 is 9.30. The van der Waals surface area contributed by atoms with Gasteiger partial charge in [-0.1, -0.05) is 0 Å². The van der Waals surface area contributed by atoms with Gasteiger partial charge in [0.25, 0.3) is 0 Å². The van der Waals surface area contributed by atoms with Gasteiger partial charge in [-0.05, 0) is 60.7 Å². The van der Waals surface area contributed by atoms with E-state index < -0.39 is 0 Å². The molecule has 2 nitrogen and oxygen atoms in total. The van der Waals surface area contributed by atoms with Crippen LogP contribution in [0.2, 0.25) is 0 Å². The van der Waals surface area contributed by atoms with Crippen molar-refractivity contribution < 1.29 is 0 Å². The Balaban J connectivity index is 2.15. The first-order chi connectivity index (χ1) is 8.22. The Bertz CT molecular complexity index is 380. The highest BCUT2D eigenvalue weighted by molar-refractivity contribution is 9.10. The molecule has 4 heteroatoms. The number of alkyl halides is 1. The summed E-state index contributed by atoms with van der Waals surface area (Å²) in [7, 11) is 0. The van der Waals surface area contributed by atoms with Crippen molar-refractivity contribution in [3.05, 3.63) is 22.3 Å². The molecule has 1 aromatic rings. The number of hydrogen-bond donors (Lipinski definition) is 0. The van der Waals surface area contributed by atoms with E-state index in [1.54, 1.807) is 0 Å². The van der Waals surface area contributed by atoms with Crippen molar-refractivity contribution in [2.75, 3.05) is 17.3 Å². The fourth-order valence-corrected chi connectivity index (χ4v) is 2.44. The minimum absolute atomic E-state index is 0.672. The highest BCUT2D eigenvalue weighted by atomic mass is 79.9. The maximum atomic E-state index is 5.80. The third kappa shape index (κ3) is 3.14. The third-order valence-corrected chi connectivity index (χ3v) is 4.45. The van der Waals surface area contributed by atoms with Crippen LogP contribution in [0.3, 0.4) is 0 Å². The van der Waals surface area contributed by atoms with Crippen molar-refractivity contribution >= 4 is 33.3 Å². The Morgan fingerprint density at radius 2 is 2.24 bits per heavy atom. The summed E-state index contributed by atoms with van der Waals surface area (Å²) in [5.41, 5.74) is 1.05. The molecule has 0 aromatic carbocycles. The number of hydrogen-bond acceptors (Lipinski definition) is 2. The number of nitrogens with zero attached hydrogens (tertiary/aromatic N) is 2. The lowest BCUT2D eigenvalue weighted by molar-refractivity contribution is 0.384. The molecule has 17 heavy (non-hydrogen) atoms. The third-order valence-electron chi connectivity index (χ3n) is 3.35. The first-order valence-electron chi connectivity index (χ1n) is 6.18.